The number of aromatic amines is 1. The zero-order valence-electron chi connectivity index (χ0n) is 19.3. The normalized spacial score (nSPS) is 15.7. The molecule has 0 bridgehead atoms. The number of fused-ring (bicyclic) bond motifs is 1. The molecule has 1 atom stereocenters. The van der Waals surface area contributed by atoms with E-state index in [-0.39, 0.29) is 22.3 Å². The smallest absolute Gasteiger partial charge is 0.307 e. The summed E-state index contributed by atoms with van der Waals surface area (Å²) >= 11 is 1.03. The first-order chi connectivity index (χ1) is 15.7. The average Bonchev–Trinajstić information content (AvgIpc) is 3.07. The summed E-state index contributed by atoms with van der Waals surface area (Å²) in [7, 11) is 0. The molecule has 0 saturated carbocycles. The fraction of sp³-hybridized carbons (Fsp3) is 0.423. The summed E-state index contributed by atoms with van der Waals surface area (Å²) in [6.45, 7) is 6.87. The third kappa shape index (κ3) is 5.71. The lowest BCUT2D eigenvalue weighted by molar-refractivity contribution is 0.152. The summed E-state index contributed by atoms with van der Waals surface area (Å²) < 4.78 is 12.1. The fourth-order valence-electron chi connectivity index (χ4n) is 4.14. The van der Waals surface area contributed by atoms with Gasteiger partial charge in [-0.15, -0.1) is 0 Å². The van der Waals surface area contributed by atoms with E-state index in [1.165, 1.54) is 0 Å². The molecule has 2 heterocycles. The van der Waals surface area contributed by atoms with Crippen molar-refractivity contribution in [1.29, 1.82) is 0 Å². The molecule has 6 nitrogen and oxygen atoms in total. The number of aromatic hydroxyl groups is 2. The van der Waals surface area contributed by atoms with E-state index in [0.717, 1.165) is 65.2 Å². The second kappa shape index (κ2) is 9.51. The van der Waals surface area contributed by atoms with E-state index < -0.39 is 0 Å². The standard InChI is InChI=1S/C26H31NO5S/c1-26(2,3)20-15-22-17(14-21(20)28)8-11-19(32-22)5-4-12-31-18-9-6-16(7-10-18)13-23-24(29)27-25(30)33-23/h6-7,9-10,14-15,19,28-29H,4-5,8,11-13H2,1-3H3,(H,27,30). The molecule has 33 heavy (non-hydrogen) atoms. The molecule has 1 unspecified atom stereocenters. The molecular weight excluding hydrogens is 438 g/mol. The van der Waals surface area contributed by atoms with Crippen LogP contribution in [0.25, 0.3) is 0 Å². The van der Waals surface area contributed by atoms with Crippen molar-refractivity contribution < 1.29 is 19.7 Å². The molecule has 176 valence electrons. The summed E-state index contributed by atoms with van der Waals surface area (Å²) in [6.07, 6.45) is 4.30. The van der Waals surface area contributed by atoms with E-state index >= 15 is 0 Å². The monoisotopic (exact) mass is 469 g/mol. The number of ether oxygens (including phenoxy) is 2. The average molecular weight is 470 g/mol. The number of H-pyrrole nitrogens is 1. The Bertz CT molecular complexity index is 1160. The summed E-state index contributed by atoms with van der Waals surface area (Å²) in [6, 6.07) is 11.6. The zero-order chi connectivity index (χ0) is 23.6. The van der Waals surface area contributed by atoms with Crippen LogP contribution in [0.3, 0.4) is 0 Å². The van der Waals surface area contributed by atoms with Crippen molar-refractivity contribution in [3.8, 4) is 23.1 Å². The van der Waals surface area contributed by atoms with Gasteiger partial charge in [-0.1, -0.05) is 44.2 Å². The lowest BCUT2D eigenvalue weighted by Gasteiger charge is -2.29. The van der Waals surface area contributed by atoms with Crippen LogP contribution >= 0.6 is 11.3 Å². The van der Waals surface area contributed by atoms with Crippen LogP contribution in [-0.2, 0) is 18.3 Å². The Morgan fingerprint density at radius 3 is 2.61 bits per heavy atom. The summed E-state index contributed by atoms with van der Waals surface area (Å²) in [5.41, 5.74) is 2.85. The Labute approximate surface area is 197 Å². The maximum Gasteiger partial charge on any atom is 0.307 e. The van der Waals surface area contributed by atoms with E-state index in [4.69, 9.17) is 9.47 Å². The highest BCUT2D eigenvalue weighted by atomic mass is 32.1. The number of phenols is 1. The number of nitrogens with one attached hydrogen (secondary N) is 1. The van der Waals surface area contributed by atoms with Gasteiger partial charge in [-0.2, -0.15) is 0 Å². The molecule has 3 aromatic rings. The van der Waals surface area contributed by atoms with Gasteiger partial charge in [0.15, 0.2) is 0 Å². The molecule has 0 saturated heterocycles. The van der Waals surface area contributed by atoms with Gasteiger partial charge in [0.2, 0.25) is 5.88 Å². The predicted octanol–water partition coefficient (Wildman–Crippen LogP) is 5.29. The van der Waals surface area contributed by atoms with Crippen LogP contribution in [0, 0.1) is 0 Å². The maximum atomic E-state index is 11.3. The van der Waals surface area contributed by atoms with Crippen molar-refractivity contribution in [2.45, 2.75) is 64.4 Å². The zero-order valence-corrected chi connectivity index (χ0v) is 20.1. The second-order valence-electron chi connectivity index (χ2n) is 9.60. The Morgan fingerprint density at radius 2 is 1.94 bits per heavy atom. The number of aromatic nitrogens is 1. The molecule has 0 fully saturated rings. The fourth-order valence-corrected chi connectivity index (χ4v) is 4.90. The van der Waals surface area contributed by atoms with E-state index in [9.17, 15) is 15.0 Å². The van der Waals surface area contributed by atoms with E-state index in [1.54, 1.807) is 0 Å². The maximum absolute atomic E-state index is 11.3. The third-order valence-electron chi connectivity index (χ3n) is 5.94. The van der Waals surface area contributed by atoms with Gasteiger partial charge in [0.25, 0.3) is 0 Å². The summed E-state index contributed by atoms with van der Waals surface area (Å²) in [5.74, 6) is 1.99. The number of hydrogen-bond donors (Lipinski definition) is 3. The van der Waals surface area contributed by atoms with Crippen LogP contribution in [-0.4, -0.2) is 27.9 Å². The van der Waals surface area contributed by atoms with Crippen LogP contribution in [0.5, 0.6) is 23.1 Å². The van der Waals surface area contributed by atoms with Gasteiger partial charge in [-0.25, -0.2) is 0 Å². The number of rotatable bonds is 7. The first-order valence-electron chi connectivity index (χ1n) is 11.3. The Hall–Kier alpha value is -2.93. The number of benzene rings is 2. The van der Waals surface area contributed by atoms with Crippen molar-refractivity contribution in [1.82, 2.24) is 4.98 Å². The molecule has 1 aliphatic rings. The van der Waals surface area contributed by atoms with E-state index in [1.807, 2.05) is 36.4 Å². The van der Waals surface area contributed by atoms with Gasteiger partial charge in [0, 0.05) is 12.0 Å². The molecule has 0 amide bonds. The van der Waals surface area contributed by atoms with Gasteiger partial charge in [-0.3, -0.25) is 9.78 Å². The second-order valence-corrected chi connectivity index (χ2v) is 10.7. The highest BCUT2D eigenvalue weighted by Crippen LogP contribution is 2.39. The minimum atomic E-state index is -0.249. The summed E-state index contributed by atoms with van der Waals surface area (Å²) in [5, 5.41) is 20.1. The number of hydrogen-bond acceptors (Lipinski definition) is 6. The van der Waals surface area contributed by atoms with Gasteiger partial charge in [0.1, 0.15) is 17.2 Å². The topological polar surface area (TPSA) is 91.8 Å². The number of phenolic OH excluding ortho intramolecular Hbond substituents is 1. The Morgan fingerprint density at radius 1 is 1.18 bits per heavy atom. The van der Waals surface area contributed by atoms with Crippen molar-refractivity contribution in [3.63, 3.8) is 0 Å². The molecule has 0 spiro atoms. The highest BCUT2D eigenvalue weighted by molar-refractivity contribution is 7.09. The quantitative estimate of drug-likeness (QED) is 0.409. The summed E-state index contributed by atoms with van der Waals surface area (Å²) in [4.78, 5) is 14.1. The van der Waals surface area contributed by atoms with Crippen LogP contribution in [0.1, 0.15) is 61.6 Å². The molecule has 1 aliphatic heterocycles. The largest absolute Gasteiger partial charge is 0.508 e. The molecule has 4 rings (SSSR count). The van der Waals surface area contributed by atoms with Crippen LogP contribution in [0.15, 0.2) is 41.2 Å². The molecule has 0 radical (unpaired) electrons. The minimum absolute atomic E-state index is 0.0516. The predicted molar refractivity (Wildman–Crippen MR) is 130 cm³/mol. The molecule has 3 N–H and O–H groups in total. The van der Waals surface area contributed by atoms with Crippen LogP contribution in [0.4, 0.5) is 0 Å². The molecule has 0 aliphatic carbocycles. The first-order valence-corrected chi connectivity index (χ1v) is 12.2. The highest BCUT2D eigenvalue weighted by Gasteiger charge is 2.25. The van der Waals surface area contributed by atoms with Crippen molar-refractivity contribution >= 4 is 11.3 Å². The van der Waals surface area contributed by atoms with E-state index in [2.05, 4.69) is 25.8 Å². The minimum Gasteiger partial charge on any atom is -0.508 e. The van der Waals surface area contributed by atoms with Crippen molar-refractivity contribution in [3.05, 3.63) is 67.6 Å². The number of thiazole rings is 1. The van der Waals surface area contributed by atoms with E-state index in [0.29, 0.717) is 23.7 Å². The molecule has 1 aromatic heterocycles. The lowest BCUT2D eigenvalue weighted by Crippen LogP contribution is -2.24. The third-order valence-corrected chi connectivity index (χ3v) is 6.82. The Kier molecular flexibility index (Phi) is 6.70. The SMILES string of the molecule is CC(C)(C)c1cc2c(cc1O)CCC(CCCOc1ccc(Cc3sc(=O)[nH]c3O)cc1)O2. The lowest BCUT2D eigenvalue weighted by atomic mass is 9.84. The molecular formula is C26H31NO5S. The molecule has 7 heteroatoms. The van der Waals surface area contributed by atoms with Gasteiger partial charge in [-0.05, 0) is 66.5 Å². The van der Waals surface area contributed by atoms with Crippen LogP contribution < -0.4 is 14.3 Å². The van der Waals surface area contributed by atoms with Gasteiger partial charge < -0.3 is 19.7 Å². The first kappa shape index (κ1) is 23.2. The van der Waals surface area contributed by atoms with Gasteiger partial charge >= 0.3 is 4.87 Å². The Balaban J connectivity index is 1.25. The van der Waals surface area contributed by atoms with Crippen molar-refractivity contribution in [2.24, 2.45) is 0 Å². The van der Waals surface area contributed by atoms with Crippen molar-refractivity contribution in [2.75, 3.05) is 6.61 Å². The van der Waals surface area contributed by atoms with Gasteiger partial charge in [0.05, 0.1) is 17.6 Å². The van der Waals surface area contributed by atoms with Crippen LogP contribution in [0.2, 0.25) is 0 Å². The molecule has 2 aromatic carbocycles. The number of aryl methyl sites for hydroxylation is 1.